The minimum absolute atomic E-state index is 0.0234. The van der Waals surface area contributed by atoms with Crippen LogP contribution in [-0.2, 0) is 9.59 Å². The number of nitrogens with one attached hydrogen (secondary N) is 1. The van der Waals surface area contributed by atoms with Crippen molar-refractivity contribution < 1.29 is 14.7 Å². The van der Waals surface area contributed by atoms with Gasteiger partial charge < -0.3 is 10.4 Å². The highest BCUT2D eigenvalue weighted by molar-refractivity contribution is 5.85. The molecule has 2 N–H and O–H groups in total. The topological polar surface area (TPSA) is 66.4 Å². The van der Waals surface area contributed by atoms with Gasteiger partial charge in [-0.1, -0.05) is 44.5 Å². The summed E-state index contributed by atoms with van der Waals surface area (Å²) in [6, 6.07) is 7.42. The molecule has 0 saturated heterocycles. The molecule has 2 unspecified atom stereocenters. The Balaban J connectivity index is 2.64. The molecule has 0 heterocycles. The van der Waals surface area contributed by atoms with Crippen LogP contribution in [-0.4, -0.2) is 17.0 Å². The predicted molar refractivity (Wildman–Crippen MR) is 83.7 cm³/mol. The molecule has 4 heteroatoms. The minimum Gasteiger partial charge on any atom is -0.478 e. The zero-order valence-electron chi connectivity index (χ0n) is 12.8. The molecule has 0 aromatic heterocycles. The van der Waals surface area contributed by atoms with Gasteiger partial charge in [-0.15, -0.1) is 0 Å². The second-order valence-electron chi connectivity index (χ2n) is 5.26. The van der Waals surface area contributed by atoms with E-state index in [0.717, 1.165) is 30.0 Å². The number of carbonyl (C=O) groups excluding carboxylic acids is 1. The summed E-state index contributed by atoms with van der Waals surface area (Å²) in [5.74, 6) is -0.876. The Hall–Kier alpha value is -2.10. The van der Waals surface area contributed by atoms with E-state index >= 15 is 0 Å². The summed E-state index contributed by atoms with van der Waals surface area (Å²) in [7, 11) is 0. The molecule has 0 fully saturated rings. The summed E-state index contributed by atoms with van der Waals surface area (Å²) >= 11 is 0. The summed E-state index contributed by atoms with van der Waals surface area (Å²) in [6.07, 6.45) is 4.52. The van der Waals surface area contributed by atoms with Gasteiger partial charge in [-0.3, -0.25) is 4.79 Å². The van der Waals surface area contributed by atoms with Crippen molar-refractivity contribution in [2.45, 2.75) is 39.7 Å². The summed E-state index contributed by atoms with van der Waals surface area (Å²) in [5.41, 5.74) is 1.82. The minimum atomic E-state index is -0.968. The molecule has 21 heavy (non-hydrogen) atoms. The van der Waals surface area contributed by atoms with Gasteiger partial charge in [-0.2, -0.15) is 0 Å². The molecule has 0 aliphatic heterocycles. The van der Waals surface area contributed by atoms with Crippen LogP contribution in [0.2, 0.25) is 0 Å². The van der Waals surface area contributed by atoms with Gasteiger partial charge in [0.05, 0.1) is 6.04 Å². The Morgan fingerprint density at radius 1 is 1.24 bits per heavy atom. The summed E-state index contributed by atoms with van der Waals surface area (Å²) in [6.45, 7) is 5.95. The van der Waals surface area contributed by atoms with E-state index in [1.165, 1.54) is 0 Å². The fourth-order valence-electron chi connectivity index (χ4n) is 2.07. The lowest BCUT2D eigenvalue weighted by Crippen LogP contribution is -2.31. The quantitative estimate of drug-likeness (QED) is 0.756. The average Bonchev–Trinajstić information content (AvgIpc) is 2.45. The molecule has 0 aliphatic carbocycles. The molecule has 1 aromatic rings. The Morgan fingerprint density at radius 3 is 2.38 bits per heavy atom. The third-order valence-corrected chi connectivity index (χ3v) is 3.38. The molecule has 4 nitrogen and oxygen atoms in total. The van der Waals surface area contributed by atoms with Crippen LogP contribution >= 0.6 is 0 Å². The highest BCUT2D eigenvalue weighted by atomic mass is 16.4. The van der Waals surface area contributed by atoms with Crippen LogP contribution in [0.1, 0.15) is 50.8 Å². The largest absolute Gasteiger partial charge is 0.478 e. The zero-order chi connectivity index (χ0) is 15.8. The van der Waals surface area contributed by atoms with Crippen molar-refractivity contribution in [3.8, 4) is 0 Å². The van der Waals surface area contributed by atoms with E-state index in [4.69, 9.17) is 5.11 Å². The molecule has 1 amide bonds. The lowest BCUT2D eigenvalue weighted by atomic mass is 10.0. The first-order valence-electron chi connectivity index (χ1n) is 7.25. The first kappa shape index (κ1) is 17.0. The highest BCUT2D eigenvalue weighted by Crippen LogP contribution is 2.15. The van der Waals surface area contributed by atoms with Crippen LogP contribution in [0.15, 0.2) is 30.3 Å². The van der Waals surface area contributed by atoms with E-state index in [1.807, 2.05) is 38.1 Å². The van der Waals surface area contributed by atoms with Crippen molar-refractivity contribution in [2.24, 2.45) is 5.92 Å². The van der Waals surface area contributed by atoms with Crippen LogP contribution in [0.5, 0.6) is 0 Å². The van der Waals surface area contributed by atoms with E-state index in [-0.39, 0.29) is 17.9 Å². The van der Waals surface area contributed by atoms with Crippen LogP contribution in [0.4, 0.5) is 0 Å². The third-order valence-electron chi connectivity index (χ3n) is 3.38. The van der Waals surface area contributed by atoms with E-state index in [0.29, 0.717) is 0 Å². The normalized spacial score (nSPS) is 13.9. The Labute approximate surface area is 125 Å². The van der Waals surface area contributed by atoms with Gasteiger partial charge in [-0.05, 0) is 30.5 Å². The molecule has 0 radical (unpaired) electrons. The summed E-state index contributed by atoms with van der Waals surface area (Å²) < 4.78 is 0. The van der Waals surface area contributed by atoms with Gasteiger partial charge in [0.2, 0.25) is 5.91 Å². The number of carbonyl (C=O) groups is 2. The maximum Gasteiger partial charge on any atom is 0.328 e. The second-order valence-corrected chi connectivity index (χ2v) is 5.26. The smallest absolute Gasteiger partial charge is 0.328 e. The van der Waals surface area contributed by atoms with E-state index in [9.17, 15) is 9.59 Å². The van der Waals surface area contributed by atoms with E-state index < -0.39 is 5.97 Å². The van der Waals surface area contributed by atoms with Crippen LogP contribution < -0.4 is 5.32 Å². The monoisotopic (exact) mass is 289 g/mol. The standard InChI is InChI=1S/C17H23NO3/c1-4-5-12(2)17(21)18-13(3)15-9-6-14(7-10-15)8-11-16(19)20/h6-13H,4-5H2,1-3H3,(H,18,21)(H,19,20). The number of hydrogen-bond acceptors (Lipinski definition) is 2. The SMILES string of the molecule is CCCC(C)C(=O)NC(C)c1ccc(C=CC(=O)O)cc1. The fraction of sp³-hybridized carbons (Fsp3) is 0.412. The van der Waals surface area contributed by atoms with Crippen molar-refractivity contribution in [1.29, 1.82) is 0 Å². The second kappa shape index (κ2) is 8.25. The fourth-order valence-corrected chi connectivity index (χ4v) is 2.07. The van der Waals surface area contributed by atoms with Crippen LogP contribution in [0, 0.1) is 5.92 Å². The first-order valence-corrected chi connectivity index (χ1v) is 7.25. The van der Waals surface area contributed by atoms with Gasteiger partial charge in [0.15, 0.2) is 0 Å². The molecular formula is C17H23NO3. The van der Waals surface area contributed by atoms with E-state index in [2.05, 4.69) is 12.2 Å². The predicted octanol–water partition coefficient (Wildman–Crippen LogP) is 3.40. The maximum absolute atomic E-state index is 12.0. The van der Waals surface area contributed by atoms with Crippen LogP contribution in [0.25, 0.3) is 6.08 Å². The van der Waals surface area contributed by atoms with Crippen molar-refractivity contribution in [2.75, 3.05) is 0 Å². The highest BCUT2D eigenvalue weighted by Gasteiger charge is 2.15. The number of hydrogen-bond donors (Lipinski definition) is 2. The molecule has 114 valence electrons. The van der Waals surface area contributed by atoms with Crippen molar-refractivity contribution in [3.05, 3.63) is 41.5 Å². The number of carboxylic acids is 1. The Morgan fingerprint density at radius 2 is 1.86 bits per heavy atom. The van der Waals surface area contributed by atoms with Gasteiger partial charge in [-0.25, -0.2) is 4.79 Å². The average molecular weight is 289 g/mol. The molecule has 0 saturated carbocycles. The van der Waals surface area contributed by atoms with Gasteiger partial charge in [0.25, 0.3) is 0 Å². The number of amides is 1. The molecule has 2 atom stereocenters. The first-order chi connectivity index (χ1) is 9.93. The number of benzene rings is 1. The van der Waals surface area contributed by atoms with E-state index in [1.54, 1.807) is 6.08 Å². The number of rotatable bonds is 7. The Kier molecular flexibility index (Phi) is 6.66. The molecule has 0 spiro atoms. The molecular weight excluding hydrogens is 266 g/mol. The molecule has 1 aromatic carbocycles. The van der Waals surface area contributed by atoms with Crippen molar-refractivity contribution in [3.63, 3.8) is 0 Å². The third kappa shape index (κ3) is 5.81. The summed E-state index contributed by atoms with van der Waals surface area (Å²) in [5, 5.41) is 11.6. The molecule has 0 aliphatic rings. The maximum atomic E-state index is 12.0. The zero-order valence-corrected chi connectivity index (χ0v) is 12.8. The molecule has 1 rings (SSSR count). The van der Waals surface area contributed by atoms with Crippen LogP contribution in [0.3, 0.4) is 0 Å². The lowest BCUT2D eigenvalue weighted by Gasteiger charge is -2.17. The van der Waals surface area contributed by atoms with Gasteiger partial charge >= 0.3 is 5.97 Å². The number of aliphatic carboxylic acids is 1. The summed E-state index contributed by atoms with van der Waals surface area (Å²) in [4.78, 5) is 22.4. The van der Waals surface area contributed by atoms with Gasteiger partial charge in [0, 0.05) is 12.0 Å². The Bertz CT molecular complexity index is 505. The van der Waals surface area contributed by atoms with Crippen molar-refractivity contribution in [1.82, 2.24) is 5.32 Å². The van der Waals surface area contributed by atoms with Crippen molar-refractivity contribution >= 4 is 18.0 Å². The lowest BCUT2D eigenvalue weighted by molar-refractivity contribution is -0.131. The molecule has 0 bridgehead atoms. The number of carboxylic acid groups (broad SMARTS) is 1. The van der Waals surface area contributed by atoms with Gasteiger partial charge in [0.1, 0.15) is 0 Å².